The van der Waals surface area contributed by atoms with E-state index in [0.29, 0.717) is 5.91 Å². The molecule has 4 heteroatoms. The van der Waals surface area contributed by atoms with Crippen molar-refractivity contribution in [2.75, 3.05) is 32.7 Å². The lowest BCUT2D eigenvalue weighted by molar-refractivity contribution is -0.140. The van der Waals surface area contributed by atoms with Crippen LogP contribution in [0.3, 0.4) is 0 Å². The number of hydrogen-bond acceptors (Lipinski definition) is 3. The van der Waals surface area contributed by atoms with Gasteiger partial charge in [0.1, 0.15) is 0 Å². The number of amides is 1. The number of nitrogens with zero attached hydrogens (tertiary/aromatic N) is 3. The van der Waals surface area contributed by atoms with E-state index >= 15 is 0 Å². The highest BCUT2D eigenvalue weighted by molar-refractivity contribution is 5.82. The summed E-state index contributed by atoms with van der Waals surface area (Å²) in [7, 11) is 0. The summed E-state index contributed by atoms with van der Waals surface area (Å²) in [5, 5.41) is 0. The molecule has 2 aliphatic rings. The van der Waals surface area contributed by atoms with E-state index in [4.69, 9.17) is 0 Å². The van der Waals surface area contributed by atoms with Crippen molar-refractivity contribution < 1.29 is 4.79 Å². The topological polar surface area (TPSA) is 26.8 Å². The first-order valence-corrected chi connectivity index (χ1v) is 13.1. The Labute approximate surface area is 210 Å². The molecule has 0 spiro atoms. The molecule has 0 radical (unpaired) electrons. The van der Waals surface area contributed by atoms with Gasteiger partial charge in [-0.05, 0) is 43.0 Å². The molecule has 35 heavy (non-hydrogen) atoms. The van der Waals surface area contributed by atoms with Crippen LogP contribution < -0.4 is 0 Å². The van der Waals surface area contributed by atoms with Crippen LogP contribution in [-0.4, -0.2) is 59.4 Å². The second-order valence-electron chi connectivity index (χ2n) is 10.1. The molecular weight excluding hydrogens is 430 g/mol. The molecule has 0 aliphatic carbocycles. The predicted octanol–water partition coefficient (Wildman–Crippen LogP) is 5.28. The van der Waals surface area contributed by atoms with Crippen LogP contribution in [0.25, 0.3) is 0 Å². The van der Waals surface area contributed by atoms with Gasteiger partial charge in [0.15, 0.2) is 0 Å². The van der Waals surface area contributed by atoms with E-state index in [-0.39, 0.29) is 12.1 Å². The fourth-order valence-corrected chi connectivity index (χ4v) is 5.68. The van der Waals surface area contributed by atoms with Crippen LogP contribution in [0.5, 0.6) is 0 Å². The van der Waals surface area contributed by atoms with Crippen LogP contribution in [-0.2, 0) is 11.3 Å². The highest BCUT2D eigenvalue weighted by Gasteiger charge is 2.34. The zero-order valence-corrected chi connectivity index (χ0v) is 20.9. The molecule has 2 heterocycles. The van der Waals surface area contributed by atoms with Crippen LogP contribution >= 0.6 is 0 Å². The molecule has 2 saturated heterocycles. The Kier molecular flexibility index (Phi) is 7.60. The van der Waals surface area contributed by atoms with Crippen molar-refractivity contribution in [3.8, 4) is 0 Å². The summed E-state index contributed by atoms with van der Waals surface area (Å²) in [6.07, 6.45) is 3.30. The molecule has 1 atom stereocenters. The Morgan fingerprint density at radius 3 is 1.97 bits per heavy atom. The molecular formula is C31H37N3O. The van der Waals surface area contributed by atoms with Gasteiger partial charge in [-0.25, -0.2) is 0 Å². The first-order chi connectivity index (χ1) is 17.2. The third-order valence-electron chi connectivity index (χ3n) is 7.63. The third-order valence-corrected chi connectivity index (χ3v) is 7.63. The average molecular weight is 468 g/mol. The van der Waals surface area contributed by atoms with Gasteiger partial charge < -0.3 is 4.90 Å². The Morgan fingerprint density at radius 1 is 0.771 bits per heavy atom. The highest BCUT2D eigenvalue weighted by atomic mass is 16.2. The van der Waals surface area contributed by atoms with Crippen molar-refractivity contribution in [1.82, 2.24) is 14.7 Å². The minimum Gasteiger partial charge on any atom is -0.339 e. The van der Waals surface area contributed by atoms with E-state index in [1.165, 1.54) is 28.7 Å². The lowest BCUT2D eigenvalue weighted by atomic mass is 9.96. The minimum absolute atomic E-state index is 0.00986. The SMILES string of the molecule is Cc1ccc(CN2CCCCC2C(=O)N2CCN(C(c3ccccc3)c3ccccc3)CC2)cc1. The maximum atomic E-state index is 13.7. The summed E-state index contributed by atoms with van der Waals surface area (Å²) < 4.78 is 0. The zero-order chi connectivity index (χ0) is 24.0. The van der Waals surface area contributed by atoms with Crippen molar-refractivity contribution in [2.45, 2.75) is 44.8 Å². The summed E-state index contributed by atoms with van der Waals surface area (Å²) in [5.41, 5.74) is 5.21. The number of piperidine rings is 1. The lowest BCUT2D eigenvalue weighted by Gasteiger charge is -2.43. The van der Waals surface area contributed by atoms with Gasteiger partial charge in [0.05, 0.1) is 12.1 Å². The summed E-state index contributed by atoms with van der Waals surface area (Å²) in [6, 6.07) is 30.5. The number of piperazine rings is 1. The summed E-state index contributed by atoms with van der Waals surface area (Å²) in [6.45, 7) is 7.37. The molecule has 0 N–H and O–H groups in total. The summed E-state index contributed by atoms with van der Waals surface area (Å²) in [5.74, 6) is 0.326. The van der Waals surface area contributed by atoms with Crippen molar-refractivity contribution in [3.63, 3.8) is 0 Å². The fraction of sp³-hybridized carbons (Fsp3) is 0.387. The van der Waals surface area contributed by atoms with Crippen LogP contribution in [0.1, 0.15) is 47.6 Å². The first kappa shape index (κ1) is 23.8. The van der Waals surface area contributed by atoms with Crippen molar-refractivity contribution in [1.29, 1.82) is 0 Å². The molecule has 1 amide bonds. The number of hydrogen-bond donors (Lipinski definition) is 0. The summed E-state index contributed by atoms with van der Waals surface area (Å²) >= 11 is 0. The van der Waals surface area contributed by atoms with E-state index in [9.17, 15) is 4.79 Å². The minimum atomic E-state index is 0.00986. The molecule has 5 rings (SSSR count). The Hall–Kier alpha value is -2.95. The van der Waals surface area contributed by atoms with Gasteiger partial charge in [-0.3, -0.25) is 14.6 Å². The quantitative estimate of drug-likeness (QED) is 0.493. The smallest absolute Gasteiger partial charge is 0.240 e. The van der Waals surface area contributed by atoms with Crippen molar-refractivity contribution in [3.05, 3.63) is 107 Å². The van der Waals surface area contributed by atoms with E-state index < -0.39 is 0 Å². The first-order valence-electron chi connectivity index (χ1n) is 13.1. The van der Waals surface area contributed by atoms with E-state index in [1.807, 2.05) is 0 Å². The number of rotatable bonds is 6. The normalized spacial score (nSPS) is 19.7. The Balaban J connectivity index is 1.26. The molecule has 4 nitrogen and oxygen atoms in total. The number of carbonyl (C=O) groups is 1. The second kappa shape index (κ2) is 11.2. The Morgan fingerprint density at radius 2 is 1.37 bits per heavy atom. The number of carbonyl (C=O) groups excluding carboxylic acids is 1. The van der Waals surface area contributed by atoms with Crippen molar-refractivity contribution in [2.24, 2.45) is 0 Å². The summed E-state index contributed by atoms with van der Waals surface area (Å²) in [4.78, 5) is 20.8. The maximum Gasteiger partial charge on any atom is 0.240 e. The van der Waals surface area contributed by atoms with Gasteiger partial charge in [0.25, 0.3) is 0 Å². The number of aryl methyl sites for hydroxylation is 1. The zero-order valence-electron chi connectivity index (χ0n) is 20.9. The molecule has 3 aromatic carbocycles. The molecule has 0 saturated carbocycles. The standard InChI is InChI=1S/C31H37N3O/c1-25-15-17-26(18-16-25)24-34-19-9-8-14-29(34)31(35)33-22-20-32(21-23-33)30(27-10-4-2-5-11-27)28-12-6-3-7-13-28/h2-7,10-13,15-18,29-30H,8-9,14,19-24H2,1H3. The molecule has 1 unspecified atom stereocenters. The monoisotopic (exact) mass is 467 g/mol. The third kappa shape index (κ3) is 5.66. The molecule has 2 aliphatic heterocycles. The van der Waals surface area contributed by atoms with Gasteiger partial charge in [0, 0.05) is 32.7 Å². The maximum absolute atomic E-state index is 13.7. The largest absolute Gasteiger partial charge is 0.339 e. The predicted molar refractivity (Wildman–Crippen MR) is 142 cm³/mol. The van der Waals surface area contributed by atoms with Gasteiger partial charge in [-0.1, -0.05) is 96.9 Å². The average Bonchev–Trinajstić information content (AvgIpc) is 2.92. The van der Waals surface area contributed by atoms with E-state index in [0.717, 1.165) is 52.1 Å². The van der Waals surface area contributed by atoms with Crippen LogP contribution in [0.15, 0.2) is 84.9 Å². The molecule has 2 fully saturated rings. The molecule has 3 aromatic rings. The van der Waals surface area contributed by atoms with Gasteiger partial charge in [0.2, 0.25) is 5.91 Å². The number of benzene rings is 3. The van der Waals surface area contributed by atoms with Gasteiger partial charge in [-0.2, -0.15) is 0 Å². The van der Waals surface area contributed by atoms with Gasteiger partial charge >= 0.3 is 0 Å². The van der Waals surface area contributed by atoms with Crippen LogP contribution in [0.2, 0.25) is 0 Å². The lowest BCUT2D eigenvalue weighted by Crippen LogP contribution is -2.56. The van der Waals surface area contributed by atoms with Crippen molar-refractivity contribution >= 4 is 5.91 Å². The molecule has 182 valence electrons. The number of likely N-dealkylation sites (tertiary alicyclic amines) is 1. The highest BCUT2D eigenvalue weighted by Crippen LogP contribution is 2.30. The molecule has 0 aromatic heterocycles. The van der Waals surface area contributed by atoms with Crippen LogP contribution in [0.4, 0.5) is 0 Å². The molecule has 0 bridgehead atoms. The second-order valence-corrected chi connectivity index (χ2v) is 10.1. The van der Waals surface area contributed by atoms with E-state index in [1.54, 1.807) is 0 Å². The van der Waals surface area contributed by atoms with E-state index in [2.05, 4.69) is 107 Å². The fourth-order valence-electron chi connectivity index (χ4n) is 5.68. The van der Waals surface area contributed by atoms with Gasteiger partial charge in [-0.15, -0.1) is 0 Å². The van der Waals surface area contributed by atoms with Crippen LogP contribution in [0, 0.1) is 6.92 Å². The Bertz CT molecular complexity index is 1040.